The molecule has 0 bridgehead atoms. The Morgan fingerprint density at radius 1 is 1.64 bits per heavy atom. The third-order valence-corrected chi connectivity index (χ3v) is 1.68. The fourth-order valence-electron chi connectivity index (χ4n) is 0.819. The molecule has 2 nitrogen and oxygen atoms in total. The van der Waals surface area contributed by atoms with Gasteiger partial charge in [0.25, 0.3) is 0 Å². The van der Waals surface area contributed by atoms with Crippen molar-refractivity contribution in [3.63, 3.8) is 0 Å². The van der Waals surface area contributed by atoms with Gasteiger partial charge in [-0.15, -0.1) is 0 Å². The Bertz CT molecular complexity index is 239. The fraction of sp³-hybridized carbons (Fsp3) is 0.375. The summed E-state index contributed by atoms with van der Waals surface area (Å²) >= 11 is 5.62. The predicted molar refractivity (Wildman–Crippen MR) is 44.5 cm³/mol. The number of pyridine rings is 1. The Hall–Kier alpha value is -0.600. The molecule has 60 valence electrons. The minimum absolute atomic E-state index is 0.426. The van der Waals surface area contributed by atoms with E-state index in [1.165, 1.54) is 0 Å². The third kappa shape index (κ3) is 2.17. The van der Waals surface area contributed by atoms with Crippen molar-refractivity contribution < 1.29 is 5.11 Å². The maximum atomic E-state index is 9.33. The Morgan fingerprint density at radius 2 is 2.36 bits per heavy atom. The number of aliphatic hydroxyl groups is 1. The van der Waals surface area contributed by atoms with Crippen molar-refractivity contribution in [2.75, 3.05) is 0 Å². The van der Waals surface area contributed by atoms with E-state index in [0.717, 1.165) is 0 Å². The highest BCUT2D eigenvalue weighted by Gasteiger charge is 2.05. The van der Waals surface area contributed by atoms with Gasteiger partial charge in [0.2, 0.25) is 0 Å². The summed E-state index contributed by atoms with van der Waals surface area (Å²) in [6.45, 7) is 1.90. The molecule has 1 atom stereocenters. The van der Waals surface area contributed by atoms with E-state index >= 15 is 0 Å². The maximum absolute atomic E-state index is 9.33. The van der Waals surface area contributed by atoms with Gasteiger partial charge in [0.1, 0.15) is 5.15 Å². The Labute approximate surface area is 70.8 Å². The first-order valence-corrected chi connectivity index (χ1v) is 3.92. The molecule has 0 unspecified atom stereocenters. The summed E-state index contributed by atoms with van der Waals surface area (Å²) in [7, 11) is 0. The lowest BCUT2D eigenvalue weighted by Crippen LogP contribution is -1.97. The first-order chi connectivity index (χ1) is 5.24. The molecule has 1 N–H and O–H groups in total. The highest BCUT2D eigenvalue weighted by atomic mass is 35.5. The molecule has 1 heterocycles. The Morgan fingerprint density at radius 3 is 2.91 bits per heavy atom. The lowest BCUT2D eigenvalue weighted by Gasteiger charge is -2.05. The van der Waals surface area contributed by atoms with Gasteiger partial charge in [-0.3, -0.25) is 0 Å². The lowest BCUT2D eigenvalue weighted by atomic mass is 10.2. The summed E-state index contributed by atoms with van der Waals surface area (Å²) in [4.78, 5) is 3.96. The summed E-state index contributed by atoms with van der Waals surface area (Å²) in [5.41, 5.74) is 0.639. The van der Waals surface area contributed by atoms with Gasteiger partial charge in [-0.05, 0) is 18.6 Å². The van der Waals surface area contributed by atoms with Crippen LogP contribution in [0.2, 0.25) is 5.15 Å². The van der Waals surface area contributed by atoms with Crippen LogP contribution in [0.1, 0.15) is 25.1 Å². The van der Waals surface area contributed by atoms with Crippen LogP contribution in [0.3, 0.4) is 0 Å². The third-order valence-electron chi connectivity index (χ3n) is 1.46. The first kappa shape index (κ1) is 8.50. The molecule has 0 saturated heterocycles. The van der Waals surface area contributed by atoms with Gasteiger partial charge in [-0.1, -0.05) is 24.6 Å². The van der Waals surface area contributed by atoms with Crippen molar-refractivity contribution in [3.05, 3.63) is 29.0 Å². The van der Waals surface area contributed by atoms with Gasteiger partial charge in [-0.2, -0.15) is 0 Å². The maximum Gasteiger partial charge on any atom is 0.129 e. The molecule has 1 aromatic rings. The van der Waals surface area contributed by atoms with Gasteiger partial charge in [-0.25, -0.2) is 4.98 Å². The van der Waals surface area contributed by atoms with E-state index in [9.17, 15) is 5.11 Å². The Kier molecular flexibility index (Phi) is 2.85. The number of halogens is 1. The lowest BCUT2D eigenvalue weighted by molar-refractivity contribution is 0.169. The largest absolute Gasteiger partial charge is 0.387 e. The summed E-state index contributed by atoms with van der Waals surface area (Å²) in [6.07, 6.45) is 0.168. The van der Waals surface area contributed by atoms with E-state index in [-0.39, 0.29) is 0 Å². The molecule has 0 aliphatic heterocycles. The SMILES string of the molecule is CC[C@@H](O)c1cccc(Cl)n1. The first-order valence-electron chi connectivity index (χ1n) is 3.54. The van der Waals surface area contributed by atoms with Crippen molar-refractivity contribution in [3.8, 4) is 0 Å². The molecular formula is C8H10ClNO. The van der Waals surface area contributed by atoms with Crippen LogP contribution in [0.5, 0.6) is 0 Å². The molecule has 0 aliphatic carbocycles. The molecule has 1 rings (SSSR count). The molecule has 11 heavy (non-hydrogen) atoms. The summed E-state index contributed by atoms with van der Waals surface area (Å²) in [6, 6.07) is 5.23. The number of aliphatic hydroxyl groups excluding tert-OH is 1. The number of nitrogens with zero attached hydrogens (tertiary/aromatic N) is 1. The van der Waals surface area contributed by atoms with Gasteiger partial charge in [0.15, 0.2) is 0 Å². The molecule has 0 amide bonds. The molecule has 3 heteroatoms. The summed E-state index contributed by atoms with van der Waals surface area (Å²) in [5, 5.41) is 9.76. The van der Waals surface area contributed by atoms with Gasteiger partial charge in [0.05, 0.1) is 11.8 Å². The molecule has 0 fully saturated rings. The molecular weight excluding hydrogens is 162 g/mol. The second kappa shape index (κ2) is 3.69. The zero-order valence-corrected chi connectivity index (χ0v) is 7.04. The van der Waals surface area contributed by atoms with Crippen molar-refractivity contribution in [1.82, 2.24) is 4.98 Å². The van der Waals surface area contributed by atoms with Crippen LogP contribution in [0.4, 0.5) is 0 Å². The minimum atomic E-state index is -0.492. The van der Waals surface area contributed by atoms with Gasteiger partial charge < -0.3 is 5.11 Å². The molecule has 0 saturated carbocycles. The van der Waals surface area contributed by atoms with Crippen molar-refractivity contribution in [2.45, 2.75) is 19.4 Å². The molecule has 0 aromatic carbocycles. The monoisotopic (exact) mass is 171 g/mol. The fourth-order valence-corrected chi connectivity index (χ4v) is 0.989. The predicted octanol–water partition coefficient (Wildman–Crippen LogP) is 2.18. The number of aromatic nitrogens is 1. The van der Waals surface area contributed by atoms with Crippen molar-refractivity contribution >= 4 is 11.6 Å². The molecule has 0 radical (unpaired) electrons. The van der Waals surface area contributed by atoms with E-state index in [1.807, 2.05) is 6.92 Å². The average molecular weight is 172 g/mol. The van der Waals surface area contributed by atoms with Crippen LogP contribution in [0.25, 0.3) is 0 Å². The zero-order valence-electron chi connectivity index (χ0n) is 6.29. The van der Waals surface area contributed by atoms with E-state index in [1.54, 1.807) is 18.2 Å². The Balaban J connectivity index is 2.86. The van der Waals surface area contributed by atoms with Gasteiger partial charge >= 0.3 is 0 Å². The van der Waals surface area contributed by atoms with Crippen LogP contribution in [0, 0.1) is 0 Å². The number of hydrogen-bond acceptors (Lipinski definition) is 2. The van der Waals surface area contributed by atoms with Gasteiger partial charge in [0, 0.05) is 0 Å². The highest BCUT2D eigenvalue weighted by Crippen LogP contribution is 2.15. The second-order valence-corrected chi connectivity index (χ2v) is 2.70. The number of rotatable bonds is 2. The molecule has 0 spiro atoms. The van der Waals surface area contributed by atoms with E-state index in [0.29, 0.717) is 17.3 Å². The van der Waals surface area contributed by atoms with Crippen LogP contribution in [-0.2, 0) is 0 Å². The van der Waals surface area contributed by atoms with Crippen LogP contribution in [0.15, 0.2) is 18.2 Å². The normalized spacial score (nSPS) is 13.0. The van der Waals surface area contributed by atoms with E-state index < -0.39 is 6.10 Å². The quantitative estimate of drug-likeness (QED) is 0.692. The van der Waals surface area contributed by atoms with Crippen molar-refractivity contribution in [1.29, 1.82) is 0 Å². The van der Waals surface area contributed by atoms with Crippen LogP contribution >= 0.6 is 11.6 Å². The molecule has 0 aliphatic rings. The summed E-state index contributed by atoms with van der Waals surface area (Å²) in [5.74, 6) is 0. The van der Waals surface area contributed by atoms with Crippen molar-refractivity contribution in [2.24, 2.45) is 0 Å². The highest BCUT2D eigenvalue weighted by molar-refractivity contribution is 6.29. The smallest absolute Gasteiger partial charge is 0.129 e. The standard InChI is InChI=1S/C8H10ClNO/c1-2-7(11)6-4-3-5-8(9)10-6/h3-5,7,11H,2H2,1H3/t7-/m1/s1. The molecule has 1 aromatic heterocycles. The number of hydrogen-bond donors (Lipinski definition) is 1. The van der Waals surface area contributed by atoms with E-state index in [4.69, 9.17) is 11.6 Å². The minimum Gasteiger partial charge on any atom is -0.387 e. The topological polar surface area (TPSA) is 33.1 Å². The van der Waals surface area contributed by atoms with Crippen LogP contribution < -0.4 is 0 Å². The summed E-state index contributed by atoms with van der Waals surface area (Å²) < 4.78 is 0. The zero-order chi connectivity index (χ0) is 8.27. The second-order valence-electron chi connectivity index (χ2n) is 2.31. The average Bonchev–Trinajstić information content (AvgIpc) is 2.03. The van der Waals surface area contributed by atoms with Crippen LogP contribution in [-0.4, -0.2) is 10.1 Å². The van der Waals surface area contributed by atoms with E-state index in [2.05, 4.69) is 4.98 Å².